The minimum absolute atomic E-state index is 0.665. The van der Waals surface area contributed by atoms with Crippen molar-refractivity contribution < 1.29 is 0 Å². The SMILES string of the molecule is CCN(C)C=Nc1cc(C)cc(N(C)c2ccccc2)c1Cl. The lowest BCUT2D eigenvalue weighted by Crippen LogP contribution is -2.14. The van der Waals surface area contributed by atoms with Gasteiger partial charge in [-0.2, -0.15) is 0 Å². The van der Waals surface area contributed by atoms with Crippen LogP contribution in [0.1, 0.15) is 12.5 Å². The van der Waals surface area contributed by atoms with E-state index in [9.17, 15) is 0 Å². The van der Waals surface area contributed by atoms with Crippen molar-refractivity contribution in [3.63, 3.8) is 0 Å². The molecular weight excluding hydrogens is 294 g/mol. The Kier molecular flexibility index (Phi) is 5.45. The van der Waals surface area contributed by atoms with Gasteiger partial charge in [0, 0.05) is 26.3 Å². The van der Waals surface area contributed by atoms with E-state index in [2.05, 4.69) is 41.9 Å². The molecular formula is C18H22ClN3. The highest BCUT2D eigenvalue weighted by atomic mass is 35.5. The smallest absolute Gasteiger partial charge is 0.0910 e. The largest absolute Gasteiger partial charge is 0.366 e. The number of nitrogens with zero attached hydrogens (tertiary/aromatic N) is 3. The van der Waals surface area contributed by atoms with Gasteiger partial charge in [0.05, 0.1) is 22.7 Å². The van der Waals surface area contributed by atoms with E-state index < -0.39 is 0 Å². The van der Waals surface area contributed by atoms with Crippen LogP contribution >= 0.6 is 11.6 Å². The van der Waals surface area contributed by atoms with Crippen LogP contribution in [0.3, 0.4) is 0 Å². The average Bonchev–Trinajstić information content (AvgIpc) is 2.55. The van der Waals surface area contributed by atoms with Gasteiger partial charge in [0.25, 0.3) is 0 Å². The molecule has 0 fully saturated rings. The van der Waals surface area contributed by atoms with E-state index in [4.69, 9.17) is 11.6 Å². The first-order valence-electron chi connectivity index (χ1n) is 7.36. The molecule has 0 aliphatic rings. The molecule has 0 heterocycles. The minimum atomic E-state index is 0.665. The maximum Gasteiger partial charge on any atom is 0.0910 e. The van der Waals surface area contributed by atoms with Gasteiger partial charge in [-0.3, -0.25) is 0 Å². The Hall–Kier alpha value is -2.00. The zero-order valence-corrected chi connectivity index (χ0v) is 14.3. The highest BCUT2D eigenvalue weighted by Gasteiger charge is 2.12. The second-order valence-electron chi connectivity index (χ2n) is 5.33. The van der Waals surface area contributed by atoms with Crippen LogP contribution < -0.4 is 4.90 Å². The normalized spacial score (nSPS) is 11.0. The average molecular weight is 316 g/mol. The van der Waals surface area contributed by atoms with Crippen LogP contribution in [-0.2, 0) is 0 Å². The van der Waals surface area contributed by atoms with Crippen molar-refractivity contribution in [2.75, 3.05) is 25.5 Å². The molecule has 0 aliphatic heterocycles. The molecule has 0 unspecified atom stereocenters. The number of hydrogen-bond donors (Lipinski definition) is 0. The summed E-state index contributed by atoms with van der Waals surface area (Å²) >= 11 is 6.58. The number of anilines is 2. The summed E-state index contributed by atoms with van der Waals surface area (Å²) in [5, 5.41) is 0.665. The Morgan fingerprint density at radius 3 is 2.45 bits per heavy atom. The second kappa shape index (κ2) is 7.32. The lowest BCUT2D eigenvalue weighted by Gasteiger charge is -2.22. The standard InChI is InChI=1S/C18H22ClN3/c1-5-21(3)13-20-16-11-14(2)12-17(18(16)19)22(4)15-9-7-6-8-10-15/h6-13H,5H2,1-4H3. The number of halogens is 1. The number of benzene rings is 2. The van der Waals surface area contributed by atoms with Gasteiger partial charge in [-0.25, -0.2) is 4.99 Å². The number of rotatable bonds is 5. The molecule has 116 valence electrons. The monoisotopic (exact) mass is 315 g/mol. The molecule has 0 saturated heterocycles. The fourth-order valence-corrected chi connectivity index (χ4v) is 2.39. The number of hydrogen-bond acceptors (Lipinski definition) is 2. The molecule has 0 N–H and O–H groups in total. The van der Waals surface area contributed by atoms with E-state index in [1.54, 1.807) is 0 Å². The molecule has 2 aromatic rings. The fraction of sp³-hybridized carbons (Fsp3) is 0.278. The topological polar surface area (TPSA) is 18.8 Å². The highest BCUT2D eigenvalue weighted by Crippen LogP contribution is 2.38. The quantitative estimate of drug-likeness (QED) is 0.569. The van der Waals surface area contributed by atoms with Gasteiger partial charge >= 0.3 is 0 Å². The summed E-state index contributed by atoms with van der Waals surface area (Å²) < 4.78 is 0. The first-order valence-corrected chi connectivity index (χ1v) is 7.74. The number of aliphatic imine (C=N–C) groups is 1. The van der Waals surface area contributed by atoms with Crippen LogP contribution in [-0.4, -0.2) is 31.9 Å². The van der Waals surface area contributed by atoms with Gasteiger partial charge in [0.2, 0.25) is 0 Å². The fourth-order valence-electron chi connectivity index (χ4n) is 2.10. The first kappa shape index (κ1) is 16.4. The van der Waals surface area contributed by atoms with Gasteiger partial charge in [-0.05, 0) is 43.7 Å². The van der Waals surface area contributed by atoms with Crippen LogP contribution in [0.15, 0.2) is 47.5 Å². The van der Waals surface area contributed by atoms with Crippen LogP contribution in [0.2, 0.25) is 5.02 Å². The molecule has 0 saturated carbocycles. The predicted octanol–water partition coefficient (Wildman–Crippen LogP) is 5.03. The summed E-state index contributed by atoms with van der Waals surface area (Å²) in [5.41, 5.74) is 3.98. The van der Waals surface area contributed by atoms with Crippen molar-refractivity contribution >= 4 is 35.0 Å². The van der Waals surface area contributed by atoms with Gasteiger partial charge in [0.15, 0.2) is 0 Å². The molecule has 0 spiro atoms. The van der Waals surface area contributed by atoms with Crippen molar-refractivity contribution in [3.05, 3.63) is 53.1 Å². The summed E-state index contributed by atoms with van der Waals surface area (Å²) in [7, 11) is 4.01. The van der Waals surface area contributed by atoms with Crippen LogP contribution in [0.25, 0.3) is 0 Å². The van der Waals surface area contributed by atoms with E-state index in [1.165, 1.54) is 0 Å². The third-order valence-electron chi connectivity index (χ3n) is 3.58. The molecule has 3 nitrogen and oxygen atoms in total. The minimum Gasteiger partial charge on any atom is -0.366 e. The van der Waals surface area contributed by atoms with E-state index in [0.29, 0.717) is 5.02 Å². The van der Waals surface area contributed by atoms with Gasteiger partial charge in [-0.1, -0.05) is 29.8 Å². The molecule has 2 aromatic carbocycles. The lowest BCUT2D eigenvalue weighted by atomic mass is 10.1. The van der Waals surface area contributed by atoms with Gasteiger partial charge < -0.3 is 9.80 Å². The number of para-hydroxylation sites is 1. The second-order valence-corrected chi connectivity index (χ2v) is 5.71. The molecule has 0 aliphatic carbocycles. The van der Waals surface area contributed by atoms with Gasteiger partial charge in [-0.15, -0.1) is 0 Å². The summed E-state index contributed by atoms with van der Waals surface area (Å²) in [4.78, 5) is 8.61. The van der Waals surface area contributed by atoms with Crippen molar-refractivity contribution in [2.24, 2.45) is 4.99 Å². The number of aryl methyl sites for hydroxylation is 1. The predicted molar refractivity (Wildman–Crippen MR) is 97.2 cm³/mol. The molecule has 0 bridgehead atoms. The Morgan fingerprint density at radius 1 is 1.14 bits per heavy atom. The third-order valence-corrected chi connectivity index (χ3v) is 3.96. The van der Waals surface area contributed by atoms with E-state index in [1.807, 2.05) is 49.6 Å². The van der Waals surface area contributed by atoms with Crippen molar-refractivity contribution in [1.29, 1.82) is 0 Å². The zero-order valence-electron chi connectivity index (χ0n) is 13.5. The maximum atomic E-state index is 6.58. The molecule has 0 aromatic heterocycles. The maximum absolute atomic E-state index is 6.58. The van der Waals surface area contributed by atoms with Crippen LogP contribution in [0.4, 0.5) is 17.1 Å². The molecule has 0 radical (unpaired) electrons. The molecule has 4 heteroatoms. The Morgan fingerprint density at radius 2 is 1.82 bits per heavy atom. The molecule has 2 rings (SSSR count). The summed E-state index contributed by atoms with van der Waals surface area (Å²) in [6.45, 7) is 5.05. The van der Waals surface area contributed by atoms with E-state index >= 15 is 0 Å². The molecule has 0 atom stereocenters. The summed E-state index contributed by atoms with van der Waals surface area (Å²) in [5.74, 6) is 0. The first-order chi connectivity index (χ1) is 10.5. The van der Waals surface area contributed by atoms with E-state index in [0.717, 1.165) is 29.2 Å². The van der Waals surface area contributed by atoms with Crippen molar-refractivity contribution in [2.45, 2.75) is 13.8 Å². The van der Waals surface area contributed by atoms with Gasteiger partial charge in [0.1, 0.15) is 0 Å². The Labute approximate surface area is 137 Å². The van der Waals surface area contributed by atoms with E-state index in [-0.39, 0.29) is 0 Å². The molecule has 0 amide bonds. The van der Waals surface area contributed by atoms with Crippen molar-refractivity contribution in [3.8, 4) is 0 Å². The lowest BCUT2D eigenvalue weighted by molar-refractivity contribution is 0.552. The molecule has 22 heavy (non-hydrogen) atoms. The van der Waals surface area contributed by atoms with Crippen LogP contribution in [0, 0.1) is 6.92 Å². The third kappa shape index (κ3) is 3.80. The summed E-state index contributed by atoms with van der Waals surface area (Å²) in [6, 6.07) is 14.3. The Bertz CT molecular complexity index is 653. The van der Waals surface area contributed by atoms with Crippen molar-refractivity contribution in [1.82, 2.24) is 4.90 Å². The Balaban J connectivity index is 2.40. The highest BCUT2D eigenvalue weighted by molar-refractivity contribution is 6.36. The van der Waals surface area contributed by atoms with Crippen LogP contribution in [0.5, 0.6) is 0 Å². The zero-order chi connectivity index (χ0) is 16.1. The summed E-state index contributed by atoms with van der Waals surface area (Å²) in [6.07, 6.45) is 1.81.